The van der Waals surface area contributed by atoms with E-state index in [9.17, 15) is 4.79 Å². The lowest BCUT2D eigenvalue weighted by molar-refractivity contribution is -0.115. The van der Waals surface area contributed by atoms with Crippen LogP contribution in [-0.2, 0) is 4.79 Å². The maximum atomic E-state index is 11.0. The monoisotopic (exact) mass is 170 g/mol. The van der Waals surface area contributed by atoms with E-state index >= 15 is 0 Å². The summed E-state index contributed by atoms with van der Waals surface area (Å²) < 4.78 is 0. The minimum atomic E-state index is -0.0756. The van der Waals surface area contributed by atoms with E-state index in [-0.39, 0.29) is 17.2 Å². The van der Waals surface area contributed by atoms with Crippen molar-refractivity contribution in [3.63, 3.8) is 0 Å². The number of hydrazone groups is 1. The molecule has 0 atom stereocenters. The van der Waals surface area contributed by atoms with E-state index in [1.807, 2.05) is 34.6 Å². The molecule has 0 aromatic rings. The Bertz CT molecular complexity index is 177. The molecule has 3 heteroatoms. The zero-order valence-corrected chi connectivity index (χ0v) is 8.51. The van der Waals surface area contributed by atoms with Gasteiger partial charge >= 0.3 is 0 Å². The van der Waals surface area contributed by atoms with E-state index in [4.69, 9.17) is 0 Å². The summed E-state index contributed by atoms with van der Waals surface area (Å²) in [6, 6.07) is 0. The highest BCUT2D eigenvalue weighted by Crippen LogP contribution is 1.97. The van der Waals surface area contributed by atoms with Crippen LogP contribution in [0.25, 0.3) is 0 Å². The summed E-state index contributed by atoms with van der Waals surface area (Å²) in [6.07, 6.45) is 1.34. The van der Waals surface area contributed by atoms with Crippen molar-refractivity contribution < 1.29 is 4.79 Å². The third kappa shape index (κ3) is 5.89. The Morgan fingerprint density at radius 2 is 1.92 bits per heavy atom. The minimum absolute atomic E-state index is 0.0236. The second-order valence-electron chi connectivity index (χ2n) is 4.18. The van der Waals surface area contributed by atoms with Crippen molar-refractivity contribution in [2.45, 2.75) is 40.2 Å². The van der Waals surface area contributed by atoms with Crippen molar-refractivity contribution in [2.24, 2.45) is 11.0 Å². The van der Waals surface area contributed by atoms with E-state index in [0.717, 1.165) is 0 Å². The second-order valence-corrected chi connectivity index (χ2v) is 4.18. The van der Waals surface area contributed by atoms with Gasteiger partial charge in [0.15, 0.2) is 5.78 Å². The van der Waals surface area contributed by atoms with Crippen LogP contribution in [0.4, 0.5) is 0 Å². The van der Waals surface area contributed by atoms with Gasteiger partial charge in [0.05, 0.1) is 6.21 Å². The molecular formula is C9H18N2O. The number of nitrogens with zero attached hydrogens (tertiary/aromatic N) is 1. The number of hydrogen-bond donors (Lipinski definition) is 1. The summed E-state index contributed by atoms with van der Waals surface area (Å²) in [6.45, 7) is 9.68. The van der Waals surface area contributed by atoms with E-state index in [1.165, 1.54) is 6.21 Å². The molecule has 0 aromatic carbocycles. The maximum Gasteiger partial charge on any atom is 0.178 e. The van der Waals surface area contributed by atoms with Crippen molar-refractivity contribution in [3.8, 4) is 0 Å². The van der Waals surface area contributed by atoms with Gasteiger partial charge in [-0.2, -0.15) is 5.10 Å². The van der Waals surface area contributed by atoms with Gasteiger partial charge in [-0.25, -0.2) is 0 Å². The average molecular weight is 170 g/mol. The van der Waals surface area contributed by atoms with Crippen LogP contribution in [0.2, 0.25) is 0 Å². The number of ketones is 1. The molecule has 0 heterocycles. The van der Waals surface area contributed by atoms with Crippen LogP contribution in [0.5, 0.6) is 0 Å². The predicted octanol–water partition coefficient (Wildman–Crippen LogP) is 1.59. The fourth-order valence-electron chi connectivity index (χ4n) is 0.439. The highest BCUT2D eigenvalue weighted by molar-refractivity contribution is 6.28. The molecule has 0 saturated carbocycles. The summed E-state index contributed by atoms with van der Waals surface area (Å²) in [5.41, 5.74) is 2.78. The summed E-state index contributed by atoms with van der Waals surface area (Å²) in [4.78, 5) is 11.0. The molecule has 70 valence electrons. The smallest absolute Gasteiger partial charge is 0.178 e. The summed E-state index contributed by atoms with van der Waals surface area (Å²) in [5, 5.41) is 3.84. The lowest BCUT2D eigenvalue weighted by Crippen LogP contribution is -2.31. The van der Waals surface area contributed by atoms with Gasteiger partial charge in [0.2, 0.25) is 0 Å². The van der Waals surface area contributed by atoms with E-state index < -0.39 is 0 Å². The van der Waals surface area contributed by atoms with Crippen molar-refractivity contribution in [1.29, 1.82) is 0 Å². The molecule has 0 rings (SSSR count). The van der Waals surface area contributed by atoms with Crippen LogP contribution in [0.1, 0.15) is 34.6 Å². The van der Waals surface area contributed by atoms with Crippen LogP contribution in [0, 0.1) is 5.92 Å². The van der Waals surface area contributed by atoms with E-state index in [1.54, 1.807) is 0 Å². The lowest BCUT2D eigenvalue weighted by Gasteiger charge is -2.16. The molecule has 0 aromatic heterocycles. The average Bonchev–Trinajstić information content (AvgIpc) is 1.84. The van der Waals surface area contributed by atoms with Crippen molar-refractivity contribution >= 4 is 12.0 Å². The predicted molar refractivity (Wildman–Crippen MR) is 51.2 cm³/mol. The van der Waals surface area contributed by atoms with Gasteiger partial charge in [-0.1, -0.05) is 13.8 Å². The van der Waals surface area contributed by atoms with Gasteiger partial charge in [0.25, 0.3) is 0 Å². The first kappa shape index (κ1) is 11.1. The standard InChI is InChI=1S/C9H18N2O/c1-7(2)8(12)6-10-11-9(3,4)5/h6-7,11H,1-5H3/b10-6+. The molecule has 12 heavy (non-hydrogen) atoms. The first-order valence-electron chi connectivity index (χ1n) is 4.17. The third-order valence-corrected chi connectivity index (χ3v) is 1.16. The number of carbonyl (C=O) groups is 1. The Balaban J connectivity index is 3.86. The third-order valence-electron chi connectivity index (χ3n) is 1.16. The molecule has 0 fully saturated rings. The molecule has 0 aliphatic heterocycles. The molecule has 0 bridgehead atoms. The highest BCUT2D eigenvalue weighted by atomic mass is 16.1. The number of hydrogen-bond acceptors (Lipinski definition) is 3. The van der Waals surface area contributed by atoms with Gasteiger partial charge < -0.3 is 5.43 Å². The fourth-order valence-corrected chi connectivity index (χ4v) is 0.439. The molecular weight excluding hydrogens is 152 g/mol. The van der Waals surface area contributed by atoms with E-state index in [0.29, 0.717) is 0 Å². The van der Waals surface area contributed by atoms with Crippen LogP contribution >= 0.6 is 0 Å². The maximum absolute atomic E-state index is 11.0. The Hall–Kier alpha value is -0.860. The highest BCUT2D eigenvalue weighted by Gasteiger charge is 2.07. The molecule has 0 unspecified atom stereocenters. The molecule has 0 amide bonds. The number of rotatable bonds is 3. The molecule has 0 saturated heterocycles. The summed E-state index contributed by atoms with van der Waals surface area (Å²) in [5.74, 6) is 0.0715. The minimum Gasteiger partial charge on any atom is -0.305 e. The number of nitrogens with one attached hydrogen (secondary N) is 1. The molecule has 0 aliphatic carbocycles. The zero-order chi connectivity index (χ0) is 9.78. The number of Topliss-reactive ketones (excluding diaryl/α,β-unsaturated/α-hetero) is 1. The first-order chi connectivity index (χ1) is 5.33. The van der Waals surface area contributed by atoms with Gasteiger partial charge in [0, 0.05) is 11.5 Å². The van der Waals surface area contributed by atoms with Crippen LogP contribution in [-0.4, -0.2) is 17.5 Å². The first-order valence-corrected chi connectivity index (χ1v) is 4.17. The normalized spacial score (nSPS) is 12.5. The van der Waals surface area contributed by atoms with Gasteiger partial charge in [-0.15, -0.1) is 0 Å². The van der Waals surface area contributed by atoms with Crippen molar-refractivity contribution in [2.75, 3.05) is 0 Å². The quantitative estimate of drug-likeness (QED) is 0.516. The Morgan fingerprint density at radius 3 is 2.25 bits per heavy atom. The topological polar surface area (TPSA) is 41.5 Å². The SMILES string of the molecule is CC(C)C(=O)/C=N/NC(C)(C)C. The summed E-state index contributed by atoms with van der Waals surface area (Å²) >= 11 is 0. The second kappa shape index (κ2) is 4.24. The van der Waals surface area contributed by atoms with Crippen LogP contribution in [0.15, 0.2) is 5.10 Å². The van der Waals surface area contributed by atoms with Crippen LogP contribution < -0.4 is 5.43 Å². The molecule has 0 radical (unpaired) electrons. The van der Waals surface area contributed by atoms with Crippen LogP contribution in [0.3, 0.4) is 0 Å². The Labute approximate surface area is 74.2 Å². The van der Waals surface area contributed by atoms with E-state index in [2.05, 4.69) is 10.5 Å². The zero-order valence-electron chi connectivity index (χ0n) is 8.51. The molecule has 0 spiro atoms. The summed E-state index contributed by atoms with van der Waals surface area (Å²) in [7, 11) is 0. The fraction of sp³-hybridized carbons (Fsp3) is 0.778. The van der Waals surface area contributed by atoms with Crippen molar-refractivity contribution in [1.82, 2.24) is 5.43 Å². The molecule has 1 N–H and O–H groups in total. The van der Waals surface area contributed by atoms with Gasteiger partial charge in [0.1, 0.15) is 0 Å². The lowest BCUT2D eigenvalue weighted by atomic mass is 10.1. The largest absolute Gasteiger partial charge is 0.305 e. The molecule has 3 nitrogen and oxygen atoms in total. The van der Waals surface area contributed by atoms with Gasteiger partial charge in [-0.3, -0.25) is 4.79 Å². The number of carbonyl (C=O) groups excluding carboxylic acids is 1. The molecule has 0 aliphatic rings. The Morgan fingerprint density at radius 1 is 1.42 bits per heavy atom. The van der Waals surface area contributed by atoms with Crippen molar-refractivity contribution in [3.05, 3.63) is 0 Å². The Kier molecular flexibility index (Phi) is 3.93. The van der Waals surface area contributed by atoms with Gasteiger partial charge in [-0.05, 0) is 20.8 Å².